The first-order valence-electron chi connectivity index (χ1n) is 5.85. The van der Waals surface area contributed by atoms with Gasteiger partial charge >= 0.3 is 0 Å². The van der Waals surface area contributed by atoms with Crippen molar-refractivity contribution in [1.29, 1.82) is 0 Å². The number of aryl methyl sites for hydroxylation is 2. The van der Waals surface area contributed by atoms with E-state index in [1.165, 1.54) is 19.3 Å². The molecule has 4 nitrogen and oxygen atoms in total. The van der Waals surface area contributed by atoms with Crippen LogP contribution in [0.2, 0.25) is 5.02 Å². The van der Waals surface area contributed by atoms with E-state index in [0.29, 0.717) is 0 Å². The molecule has 0 aliphatic carbocycles. The highest BCUT2D eigenvalue weighted by Gasteiger charge is 2.13. The average Bonchev–Trinajstić information content (AvgIpc) is 2.53. The lowest BCUT2D eigenvalue weighted by Gasteiger charge is -2.27. The Bertz CT molecular complexity index is 355. The van der Waals surface area contributed by atoms with Crippen LogP contribution in [0.3, 0.4) is 0 Å². The van der Waals surface area contributed by atoms with Crippen molar-refractivity contribution >= 4 is 11.6 Å². The zero-order valence-electron chi connectivity index (χ0n) is 9.96. The average molecular weight is 243 g/mol. The fraction of sp³-hybridized carbons (Fsp3) is 0.727. The molecule has 5 heteroatoms. The molecule has 0 amide bonds. The van der Waals surface area contributed by atoms with Crippen molar-refractivity contribution in [3.05, 3.63) is 16.4 Å². The maximum absolute atomic E-state index is 6.19. The summed E-state index contributed by atoms with van der Waals surface area (Å²) in [5, 5.41) is 7.36. The number of rotatable bonds is 3. The predicted molar refractivity (Wildman–Crippen MR) is 65.2 cm³/mol. The Balaban J connectivity index is 1.93. The molecular formula is C11H19ClN4. The molecule has 2 rings (SSSR count). The molecule has 0 radical (unpaired) electrons. The number of hydrogen-bond acceptors (Lipinski definition) is 3. The van der Waals surface area contributed by atoms with Crippen LogP contribution in [0.5, 0.6) is 0 Å². The second-order valence-electron chi connectivity index (χ2n) is 4.35. The smallest absolute Gasteiger partial charge is 0.0860 e. The molecule has 0 atom stereocenters. The van der Waals surface area contributed by atoms with E-state index < -0.39 is 0 Å². The molecule has 1 aliphatic heterocycles. The molecule has 2 heterocycles. The minimum atomic E-state index is 0.760. The second kappa shape index (κ2) is 5.17. The highest BCUT2D eigenvalue weighted by Crippen LogP contribution is 2.19. The number of aromatic nitrogens is 2. The number of halogens is 1. The lowest BCUT2D eigenvalue weighted by atomic mass is 10.2. The van der Waals surface area contributed by atoms with Gasteiger partial charge in [-0.2, -0.15) is 5.10 Å². The maximum atomic E-state index is 6.19. The predicted octanol–water partition coefficient (Wildman–Crippen LogP) is 1.87. The molecule has 1 saturated heterocycles. The van der Waals surface area contributed by atoms with Crippen LogP contribution in [0.1, 0.15) is 30.7 Å². The van der Waals surface area contributed by atoms with E-state index in [-0.39, 0.29) is 0 Å². The van der Waals surface area contributed by atoms with Gasteiger partial charge in [-0.3, -0.25) is 4.68 Å². The third-order valence-corrected chi connectivity index (χ3v) is 3.58. The van der Waals surface area contributed by atoms with Crippen molar-refractivity contribution in [1.82, 2.24) is 20.2 Å². The summed E-state index contributed by atoms with van der Waals surface area (Å²) < 4.78 is 1.86. The first-order valence-corrected chi connectivity index (χ1v) is 6.22. The third-order valence-electron chi connectivity index (χ3n) is 3.09. The normalized spacial score (nSPS) is 17.9. The van der Waals surface area contributed by atoms with E-state index in [4.69, 9.17) is 11.6 Å². The van der Waals surface area contributed by atoms with E-state index >= 15 is 0 Å². The summed E-state index contributed by atoms with van der Waals surface area (Å²) in [7, 11) is 1.94. The van der Waals surface area contributed by atoms with Crippen LogP contribution in [-0.2, 0) is 13.6 Å². The monoisotopic (exact) mass is 242 g/mol. The van der Waals surface area contributed by atoms with Crippen LogP contribution >= 0.6 is 11.6 Å². The molecule has 0 aromatic carbocycles. The van der Waals surface area contributed by atoms with Gasteiger partial charge in [-0.25, -0.2) is 10.4 Å². The van der Waals surface area contributed by atoms with Gasteiger partial charge in [-0.1, -0.05) is 18.0 Å². The van der Waals surface area contributed by atoms with Gasteiger partial charge in [-0.15, -0.1) is 0 Å². The van der Waals surface area contributed by atoms with Crippen molar-refractivity contribution < 1.29 is 0 Å². The molecule has 0 bridgehead atoms. The minimum absolute atomic E-state index is 0.760. The second-order valence-corrected chi connectivity index (χ2v) is 4.73. The molecule has 0 unspecified atom stereocenters. The standard InChI is InChI=1S/C11H19ClN4/c1-9-11(12)10(15(2)14-9)8-13-16-6-4-3-5-7-16/h13H,3-8H2,1-2H3. The molecule has 1 aromatic heterocycles. The van der Waals surface area contributed by atoms with E-state index in [1.807, 2.05) is 18.7 Å². The summed E-state index contributed by atoms with van der Waals surface area (Å²) in [4.78, 5) is 0. The van der Waals surface area contributed by atoms with Crippen molar-refractivity contribution in [2.75, 3.05) is 13.1 Å². The van der Waals surface area contributed by atoms with Gasteiger partial charge in [0.2, 0.25) is 0 Å². The summed E-state index contributed by atoms with van der Waals surface area (Å²) in [6.07, 6.45) is 3.92. The molecule has 1 aromatic rings. The van der Waals surface area contributed by atoms with Crippen LogP contribution in [-0.4, -0.2) is 27.9 Å². The molecular weight excluding hydrogens is 224 g/mol. The Morgan fingerprint density at radius 2 is 2.00 bits per heavy atom. The largest absolute Gasteiger partial charge is 0.269 e. The van der Waals surface area contributed by atoms with Gasteiger partial charge in [0, 0.05) is 20.1 Å². The Hall–Kier alpha value is -0.580. The van der Waals surface area contributed by atoms with E-state index in [0.717, 1.165) is 36.0 Å². The Morgan fingerprint density at radius 3 is 2.56 bits per heavy atom. The third kappa shape index (κ3) is 2.56. The SMILES string of the molecule is Cc1nn(C)c(CNN2CCCCC2)c1Cl. The number of piperidine rings is 1. The lowest BCUT2D eigenvalue weighted by Crippen LogP contribution is -2.41. The number of nitrogens with one attached hydrogen (secondary N) is 1. The molecule has 0 saturated carbocycles. The van der Waals surface area contributed by atoms with Crippen molar-refractivity contribution in [2.45, 2.75) is 32.7 Å². The summed E-state index contributed by atoms with van der Waals surface area (Å²) in [5.41, 5.74) is 5.38. The van der Waals surface area contributed by atoms with Gasteiger partial charge in [-0.05, 0) is 19.8 Å². The zero-order chi connectivity index (χ0) is 11.5. The topological polar surface area (TPSA) is 33.1 Å². The molecule has 1 N–H and O–H groups in total. The first-order chi connectivity index (χ1) is 7.68. The summed E-state index contributed by atoms with van der Waals surface area (Å²) in [5.74, 6) is 0. The van der Waals surface area contributed by atoms with Gasteiger partial charge in [0.1, 0.15) is 0 Å². The lowest BCUT2D eigenvalue weighted by molar-refractivity contribution is 0.149. The number of nitrogens with zero attached hydrogens (tertiary/aromatic N) is 3. The van der Waals surface area contributed by atoms with Crippen molar-refractivity contribution in [3.8, 4) is 0 Å². The van der Waals surface area contributed by atoms with Gasteiger partial charge < -0.3 is 0 Å². The van der Waals surface area contributed by atoms with Crippen LogP contribution in [0, 0.1) is 6.92 Å². The summed E-state index contributed by atoms with van der Waals surface area (Å²) >= 11 is 6.19. The summed E-state index contributed by atoms with van der Waals surface area (Å²) in [6, 6.07) is 0. The molecule has 1 aliphatic rings. The van der Waals surface area contributed by atoms with Crippen LogP contribution in [0.4, 0.5) is 0 Å². The molecule has 1 fully saturated rings. The Labute approximate surface area is 102 Å². The van der Waals surface area contributed by atoms with Crippen molar-refractivity contribution in [3.63, 3.8) is 0 Å². The highest BCUT2D eigenvalue weighted by molar-refractivity contribution is 6.31. The Morgan fingerprint density at radius 1 is 1.31 bits per heavy atom. The highest BCUT2D eigenvalue weighted by atomic mass is 35.5. The van der Waals surface area contributed by atoms with Crippen LogP contribution < -0.4 is 5.43 Å². The molecule has 16 heavy (non-hydrogen) atoms. The minimum Gasteiger partial charge on any atom is -0.269 e. The maximum Gasteiger partial charge on any atom is 0.0860 e. The van der Waals surface area contributed by atoms with Gasteiger partial charge in [0.25, 0.3) is 0 Å². The Kier molecular flexibility index (Phi) is 3.84. The summed E-state index contributed by atoms with van der Waals surface area (Å²) in [6.45, 7) is 4.96. The molecule has 0 spiro atoms. The number of hydrogen-bond donors (Lipinski definition) is 1. The van der Waals surface area contributed by atoms with Gasteiger partial charge in [0.15, 0.2) is 0 Å². The van der Waals surface area contributed by atoms with Crippen molar-refractivity contribution in [2.24, 2.45) is 7.05 Å². The van der Waals surface area contributed by atoms with E-state index in [1.54, 1.807) is 0 Å². The van der Waals surface area contributed by atoms with Crippen LogP contribution in [0.25, 0.3) is 0 Å². The van der Waals surface area contributed by atoms with E-state index in [9.17, 15) is 0 Å². The van der Waals surface area contributed by atoms with E-state index in [2.05, 4.69) is 15.5 Å². The molecule has 90 valence electrons. The fourth-order valence-corrected chi connectivity index (χ4v) is 2.34. The quantitative estimate of drug-likeness (QED) is 0.879. The zero-order valence-corrected chi connectivity index (χ0v) is 10.7. The fourth-order valence-electron chi connectivity index (χ4n) is 2.11. The number of hydrazine groups is 1. The van der Waals surface area contributed by atoms with Crippen LogP contribution in [0.15, 0.2) is 0 Å². The first kappa shape index (κ1) is 11.9. The van der Waals surface area contributed by atoms with Gasteiger partial charge in [0.05, 0.1) is 23.0 Å².